The zero-order valence-corrected chi connectivity index (χ0v) is 21.6. The minimum atomic E-state index is 0.568. The average molecular weight is 497 g/mol. The van der Waals surface area contributed by atoms with Crippen LogP contribution in [0.15, 0.2) is 24.3 Å². The van der Waals surface area contributed by atoms with E-state index in [0.717, 1.165) is 56.7 Å². The molecule has 7 aliphatic heterocycles. The highest BCUT2D eigenvalue weighted by Gasteiger charge is 2.30. The van der Waals surface area contributed by atoms with Crippen LogP contribution in [0.5, 0.6) is 0 Å². The summed E-state index contributed by atoms with van der Waals surface area (Å²) in [5.41, 5.74) is 2.50. The lowest BCUT2D eigenvalue weighted by Crippen LogP contribution is -2.35. The molecule has 3 fully saturated rings. The Balaban J connectivity index is 0.000000141. The first kappa shape index (κ1) is 23.0. The van der Waals surface area contributed by atoms with Gasteiger partial charge in [-0.3, -0.25) is 0 Å². The lowest BCUT2D eigenvalue weighted by Gasteiger charge is -2.28. The van der Waals surface area contributed by atoms with Crippen molar-refractivity contribution >= 4 is 40.4 Å². The smallest absolute Gasteiger partial charge is 0.152 e. The van der Waals surface area contributed by atoms with Crippen molar-refractivity contribution in [3.63, 3.8) is 0 Å². The Morgan fingerprint density at radius 3 is 1.86 bits per heavy atom. The van der Waals surface area contributed by atoms with E-state index in [4.69, 9.17) is 16.6 Å². The highest BCUT2D eigenvalue weighted by Crippen LogP contribution is 2.36. The lowest BCUT2D eigenvalue weighted by molar-refractivity contribution is 0.315. The minimum absolute atomic E-state index is 0.568. The van der Waals surface area contributed by atoms with E-state index in [0.29, 0.717) is 23.3 Å². The first-order chi connectivity index (χ1) is 17.0. The van der Waals surface area contributed by atoms with Crippen molar-refractivity contribution in [2.45, 2.75) is 50.2 Å². The number of anilines is 5. The number of likely N-dealkylation sites (N-methyl/N-ethyl adjacent to an activating group) is 1. The second-order valence-electron chi connectivity index (χ2n) is 10.7. The normalized spacial score (nSPS) is 23.2. The van der Waals surface area contributed by atoms with Gasteiger partial charge in [0.25, 0.3) is 0 Å². The number of nitrogens with zero attached hydrogens (tertiary/aromatic N) is 6. The van der Waals surface area contributed by atoms with E-state index in [1.165, 1.54) is 43.5 Å². The fourth-order valence-corrected chi connectivity index (χ4v) is 6.20. The van der Waals surface area contributed by atoms with E-state index in [-0.39, 0.29) is 0 Å². The summed E-state index contributed by atoms with van der Waals surface area (Å²) in [5.74, 6) is 3.19. The number of hydrogen-bond donors (Lipinski definition) is 2. The molecular formula is C26H37ClN8. The summed E-state index contributed by atoms with van der Waals surface area (Å²) in [6.07, 6.45) is 6.10. The molecule has 9 heteroatoms. The molecule has 0 spiro atoms. The van der Waals surface area contributed by atoms with Gasteiger partial charge in [-0.25, -0.2) is 9.97 Å². The number of rotatable bonds is 2. The predicted molar refractivity (Wildman–Crippen MR) is 146 cm³/mol. The average Bonchev–Trinajstić information content (AvgIpc) is 3.02. The second-order valence-corrected chi connectivity index (χ2v) is 11.1. The van der Waals surface area contributed by atoms with E-state index < -0.39 is 0 Å². The van der Waals surface area contributed by atoms with Gasteiger partial charge in [-0.2, -0.15) is 0 Å². The second kappa shape index (κ2) is 9.54. The molecule has 7 aliphatic rings. The van der Waals surface area contributed by atoms with Gasteiger partial charge < -0.3 is 30.2 Å². The van der Waals surface area contributed by atoms with Crippen LogP contribution in [-0.2, 0) is 0 Å². The summed E-state index contributed by atoms with van der Waals surface area (Å²) in [7, 11) is 4.34. The van der Waals surface area contributed by atoms with E-state index >= 15 is 0 Å². The fourth-order valence-electron chi connectivity index (χ4n) is 6.06. The third-order valence-electron chi connectivity index (χ3n) is 8.27. The Morgan fingerprint density at radius 2 is 1.29 bits per heavy atom. The molecule has 3 saturated heterocycles. The first-order valence-corrected chi connectivity index (χ1v) is 13.5. The van der Waals surface area contributed by atoms with Crippen molar-refractivity contribution in [3.05, 3.63) is 29.4 Å². The molecular weight excluding hydrogens is 460 g/mol. The van der Waals surface area contributed by atoms with Crippen molar-refractivity contribution in [1.29, 1.82) is 0 Å². The number of fused-ring (bicyclic) bond motifs is 4. The number of piperidine rings is 2. The van der Waals surface area contributed by atoms with Gasteiger partial charge in [-0.05, 0) is 70.5 Å². The monoisotopic (exact) mass is 496 g/mol. The summed E-state index contributed by atoms with van der Waals surface area (Å²) >= 11 is 5.88. The van der Waals surface area contributed by atoms with E-state index in [1.54, 1.807) is 0 Å². The van der Waals surface area contributed by atoms with Crippen molar-refractivity contribution in [1.82, 2.24) is 14.9 Å². The van der Waals surface area contributed by atoms with Gasteiger partial charge in [0, 0.05) is 57.4 Å². The standard InChI is InChI=1S/C16H25N5.C10H12ClN3/c1-19(2)13-7-10-21(11-13)15-4-3-14-16(18-15)17-12-5-8-20(14)9-6-12;11-9-2-1-8-10(13-9)12-7-3-5-14(8)6-4-7/h3-4,12-13H,5-11H2,1-2H3,(H,17,18);1-2,7H,3-6H2,(H,12,13)/t13-;/m0./s1. The maximum Gasteiger partial charge on any atom is 0.152 e. The summed E-state index contributed by atoms with van der Waals surface area (Å²) in [6.45, 7) is 6.80. The molecule has 0 aromatic carbocycles. The van der Waals surface area contributed by atoms with Crippen molar-refractivity contribution in [3.8, 4) is 0 Å². The summed E-state index contributed by atoms with van der Waals surface area (Å²) in [6, 6.07) is 10.2. The van der Waals surface area contributed by atoms with Crippen LogP contribution in [-0.4, -0.2) is 86.4 Å². The van der Waals surface area contributed by atoms with Gasteiger partial charge in [0.1, 0.15) is 11.0 Å². The summed E-state index contributed by atoms with van der Waals surface area (Å²) < 4.78 is 0. The topological polar surface area (TPSA) is 62.8 Å². The number of nitrogens with one attached hydrogen (secondary N) is 2. The Hall–Kier alpha value is -2.45. The molecule has 188 valence electrons. The van der Waals surface area contributed by atoms with Gasteiger partial charge in [-0.1, -0.05) is 11.6 Å². The number of hydrogen-bond acceptors (Lipinski definition) is 8. The molecule has 2 N–H and O–H groups in total. The molecule has 0 aliphatic carbocycles. The molecule has 8 nitrogen and oxygen atoms in total. The molecule has 0 amide bonds. The SMILES string of the molecule is CN(C)[C@H]1CCN(c2ccc3c(n2)NC2CCN3CC2)C1.Clc1ccc2c(n1)NC1CCN2CC1. The molecule has 4 bridgehead atoms. The van der Waals surface area contributed by atoms with Crippen molar-refractivity contribution in [2.24, 2.45) is 0 Å². The Morgan fingerprint density at radius 1 is 0.743 bits per heavy atom. The van der Waals surface area contributed by atoms with E-state index in [1.807, 2.05) is 6.07 Å². The molecule has 2 aromatic heterocycles. The zero-order chi connectivity index (χ0) is 23.9. The summed E-state index contributed by atoms with van der Waals surface area (Å²) in [4.78, 5) is 18.9. The van der Waals surface area contributed by atoms with Crippen LogP contribution in [0, 0.1) is 0 Å². The molecule has 2 aromatic rings. The lowest BCUT2D eigenvalue weighted by atomic mass is 10.1. The third-order valence-corrected chi connectivity index (χ3v) is 8.48. The van der Waals surface area contributed by atoms with Crippen LogP contribution in [0.1, 0.15) is 32.1 Å². The van der Waals surface area contributed by atoms with Gasteiger partial charge in [0.05, 0.1) is 11.4 Å². The Labute approximate surface area is 213 Å². The predicted octanol–water partition coefficient (Wildman–Crippen LogP) is 3.75. The molecule has 0 saturated carbocycles. The van der Waals surface area contributed by atoms with Gasteiger partial charge >= 0.3 is 0 Å². The molecule has 0 radical (unpaired) electrons. The third kappa shape index (κ3) is 4.70. The van der Waals surface area contributed by atoms with Crippen molar-refractivity contribution < 1.29 is 0 Å². The van der Waals surface area contributed by atoms with Crippen LogP contribution in [0.4, 0.5) is 28.8 Å². The quantitative estimate of drug-likeness (QED) is 0.610. The maximum absolute atomic E-state index is 5.88. The fraction of sp³-hybridized carbons (Fsp3) is 0.615. The Bertz CT molecular complexity index is 1050. The van der Waals surface area contributed by atoms with Crippen molar-refractivity contribution in [2.75, 3.05) is 78.7 Å². The highest BCUT2D eigenvalue weighted by molar-refractivity contribution is 6.29. The maximum atomic E-state index is 5.88. The minimum Gasteiger partial charge on any atom is -0.368 e. The van der Waals surface area contributed by atoms with Gasteiger partial charge in [0.15, 0.2) is 11.6 Å². The number of aromatic nitrogens is 2. The van der Waals surface area contributed by atoms with Gasteiger partial charge in [-0.15, -0.1) is 0 Å². The molecule has 9 heterocycles. The summed E-state index contributed by atoms with van der Waals surface area (Å²) in [5, 5.41) is 7.68. The molecule has 9 rings (SSSR count). The Kier molecular flexibility index (Phi) is 6.26. The van der Waals surface area contributed by atoms with Crippen LogP contribution in [0.3, 0.4) is 0 Å². The zero-order valence-electron chi connectivity index (χ0n) is 20.9. The van der Waals surface area contributed by atoms with Crippen LogP contribution < -0.4 is 25.3 Å². The van der Waals surface area contributed by atoms with E-state index in [9.17, 15) is 0 Å². The highest BCUT2D eigenvalue weighted by atomic mass is 35.5. The number of halogens is 1. The van der Waals surface area contributed by atoms with E-state index in [2.05, 4.69) is 67.5 Å². The van der Waals surface area contributed by atoms with Crippen LogP contribution in [0.25, 0.3) is 0 Å². The first-order valence-electron chi connectivity index (χ1n) is 13.2. The molecule has 35 heavy (non-hydrogen) atoms. The molecule has 1 atom stereocenters. The van der Waals surface area contributed by atoms with Gasteiger partial charge in [0.2, 0.25) is 0 Å². The molecule has 0 unspecified atom stereocenters. The van der Waals surface area contributed by atoms with Crippen LogP contribution in [0.2, 0.25) is 5.15 Å². The largest absolute Gasteiger partial charge is 0.368 e. The number of pyridine rings is 2. The van der Waals surface area contributed by atoms with Crippen LogP contribution >= 0.6 is 11.6 Å².